The van der Waals surface area contributed by atoms with Crippen molar-refractivity contribution >= 4 is 26.0 Å². The van der Waals surface area contributed by atoms with Gasteiger partial charge in [-0.25, -0.2) is 13.1 Å². The lowest BCUT2D eigenvalue weighted by atomic mass is 10.1. The molecule has 3 rings (SSSR count). The Morgan fingerprint density at radius 2 is 1.85 bits per heavy atom. The van der Waals surface area contributed by atoms with E-state index in [1.165, 1.54) is 7.11 Å². The summed E-state index contributed by atoms with van der Waals surface area (Å²) in [4.78, 5) is 2.48. The van der Waals surface area contributed by atoms with E-state index >= 15 is 0 Å². The van der Waals surface area contributed by atoms with Gasteiger partial charge in [-0.1, -0.05) is 46.3 Å². The van der Waals surface area contributed by atoms with Gasteiger partial charge in [0.2, 0.25) is 10.0 Å². The lowest BCUT2D eigenvalue weighted by Crippen LogP contribution is -2.36. The zero-order valence-electron chi connectivity index (χ0n) is 14.7. The van der Waals surface area contributed by atoms with Gasteiger partial charge in [-0.15, -0.1) is 0 Å². The van der Waals surface area contributed by atoms with Crippen molar-refractivity contribution in [3.8, 4) is 5.75 Å². The van der Waals surface area contributed by atoms with E-state index in [-0.39, 0.29) is 10.9 Å². The first-order valence-corrected chi connectivity index (χ1v) is 10.9. The summed E-state index contributed by atoms with van der Waals surface area (Å²) in [5, 5.41) is 0. The fourth-order valence-electron chi connectivity index (χ4n) is 3.31. The van der Waals surface area contributed by atoms with Crippen molar-refractivity contribution in [2.75, 3.05) is 26.7 Å². The van der Waals surface area contributed by atoms with E-state index in [9.17, 15) is 8.42 Å². The molecule has 0 spiro atoms. The molecule has 2 aromatic carbocycles. The Morgan fingerprint density at radius 1 is 1.15 bits per heavy atom. The molecular weight excluding hydrogens is 416 g/mol. The van der Waals surface area contributed by atoms with Crippen molar-refractivity contribution in [3.63, 3.8) is 0 Å². The molecule has 0 bridgehead atoms. The van der Waals surface area contributed by atoms with Crippen LogP contribution in [0.2, 0.25) is 0 Å². The van der Waals surface area contributed by atoms with Crippen LogP contribution in [-0.4, -0.2) is 40.1 Å². The Hall–Kier alpha value is -1.41. The largest absolute Gasteiger partial charge is 0.495 e. The van der Waals surface area contributed by atoms with Gasteiger partial charge in [-0.2, -0.15) is 0 Å². The predicted molar refractivity (Wildman–Crippen MR) is 106 cm³/mol. The zero-order chi connectivity index (χ0) is 18.6. The number of ether oxygens (including phenoxy) is 1. The van der Waals surface area contributed by atoms with Gasteiger partial charge in [0.25, 0.3) is 0 Å². The first-order valence-electron chi connectivity index (χ1n) is 8.63. The summed E-state index contributed by atoms with van der Waals surface area (Å²) in [6.07, 6.45) is 2.30. The van der Waals surface area contributed by atoms with Crippen LogP contribution in [0.5, 0.6) is 5.75 Å². The van der Waals surface area contributed by atoms with Crippen molar-refractivity contribution in [1.29, 1.82) is 0 Å². The van der Waals surface area contributed by atoms with Crippen molar-refractivity contribution in [1.82, 2.24) is 9.62 Å². The highest BCUT2D eigenvalue weighted by Gasteiger charge is 2.27. The summed E-state index contributed by atoms with van der Waals surface area (Å²) in [6, 6.07) is 15.0. The minimum atomic E-state index is -3.69. The predicted octanol–water partition coefficient (Wildman–Crippen LogP) is 3.57. The maximum atomic E-state index is 12.9. The Labute approximate surface area is 163 Å². The minimum absolute atomic E-state index is 0.0200. The fraction of sp³-hybridized carbons (Fsp3) is 0.368. The van der Waals surface area contributed by atoms with Gasteiger partial charge in [0.1, 0.15) is 10.6 Å². The summed E-state index contributed by atoms with van der Waals surface area (Å²) in [5.74, 6) is 0.332. The van der Waals surface area contributed by atoms with Crippen molar-refractivity contribution < 1.29 is 13.2 Å². The monoisotopic (exact) mass is 438 g/mol. The quantitative estimate of drug-likeness (QED) is 0.717. The average Bonchev–Trinajstić information content (AvgIpc) is 3.17. The molecule has 1 atom stereocenters. The SMILES string of the molecule is COc1ccc(Br)cc1S(=O)(=O)NCC(c1ccccc1)N1CCCC1. The zero-order valence-corrected chi connectivity index (χ0v) is 17.1. The molecule has 0 saturated carbocycles. The molecule has 1 heterocycles. The molecule has 1 aliphatic rings. The fourth-order valence-corrected chi connectivity index (χ4v) is 5.06. The number of hydrogen-bond donors (Lipinski definition) is 1. The van der Waals surface area contributed by atoms with Gasteiger partial charge in [0.05, 0.1) is 7.11 Å². The molecule has 1 unspecified atom stereocenters. The first-order chi connectivity index (χ1) is 12.5. The third-order valence-corrected chi connectivity index (χ3v) is 6.59. The lowest BCUT2D eigenvalue weighted by Gasteiger charge is -2.28. The van der Waals surface area contributed by atoms with E-state index in [0.717, 1.165) is 31.5 Å². The van der Waals surface area contributed by atoms with E-state index in [2.05, 4.69) is 37.7 Å². The highest BCUT2D eigenvalue weighted by Crippen LogP contribution is 2.29. The van der Waals surface area contributed by atoms with E-state index in [1.54, 1.807) is 18.2 Å². The van der Waals surface area contributed by atoms with Crippen LogP contribution >= 0.6 is 15.9 Å². The van der Waals surface area contributed by atoms with Crippen LogP contribution in [0, 0.1) is 0 Å². The molecule has 0 amide bonds. The third kappa shape index (κ3) is 4.46. The van der Waals surface area contributed by atoms with Crippen molar-refractivity contribution in [3.05, 3.63) is 58.6 Å². The molecule has 7 heteroatoms. The second kappa shape index (κ2) is 8.52. The van der Waals surface area contributed by atoms with Gasteiger partial charge < -0.3 is 4.74 Å². The number of benzene rings is 2. The number of halogens is 1. The Balaban J connectivity index is 1.83. The summed E-state index contributed by atoms with van der Waals surface area (Å²) < 4.78 is 34.5. The molecule has 1 N–H and O–H groups in total. The Kier molecular flexibility index (Phi) is 6.34. The maximum Gasteiger partial charge on any atom is 0.244 e. The average molecular weight is 439 g/mol. The summed E-state index contributed by atoms with van der Waals surface area (Å²) >= 11 is 3.33. The highest BCUT2D eigenvalue weighted by atomic mass is 79.9. The maximum absolute atomic E-state index is 12.9. The van der Waals surface area contributed by atoms with Crippen LogP contribution in [0.15, 0.2) is 57.9 Å². The van der Waals surface area contributed by atoms with Crippen molar-refractivity contribution in [2.24, 2.45) is 0 Å². The molecular formula is C19H23BrN2O3S. The Bertz CT molecular complexity index is 837. The Morgan fingerprint density at radius 3 is 2.50 bits per heavy atom. The molecule has 0 aromatic heterocycles. The number of methoxy groups -OCH3 is 1. The molecule has 1 aliphatic heterocycles. The molecule has 26 heavy (non-hydrogen) atoms. The van der Waals surface area contributed by atoms with Crippen molar-refractivity contribution in [2.45, 2.75) is 23.8 Å². The lowest BCUT2D eigenvalue weighted by molar-refractivity contribution is 0.246. The number of hydrogen-bond acceptors (Lipinski definition) is 4. The van der Waals surface area contributed by atoms with Gasteiger partial charge in [-0.3, -0.25) is 4.90 Å². The second-order valence-corrected chi connectivity index (χ2v) is 8.97. The molecule has 0 radical (unpaired) electrons. The summed E-state index contributed by atoms with van der Waals surface area (Å²) in [7, 11) is -2.22. The molecule has 0 aliphatic carbocycles. The third-order valence-electron chi connectivity index (χ3n) is 4.65. The van der Waals surface area contributed by atoms with E-state index in [1.807, 2.05) is 18.2 Å². The van der Waals surface area contributed by atoms with Gasteiger partial charge in [0, 0.05) is 17.1 Å². The standard InChI is InChI=1S/C19H23BrN2O3S/c1-25-18-10-9-16(20)13-19(18)26(23,24)21-14-17(22-11-5-6-12-22)15-7-3-2-4-8-15/h2-4,7-10,13,17,21H,5-6,11-12,14H2,1H3. The number of sulfonamides is 1. The van der Waals surface area contributed by atoms with E-state index < -0.39 is 10.0 Å². The van der Waals surface area contributed by atoms with Crippen LogP contribution in [-0.2, 0) is 10.0 Å². The number of likely N-dealkylation sites (tertiary alicyclic amines) is 1. The van der Waals surface area contributed by atoms with E-state index in [4.69, 9.17) is 4.74 Å². The molecule has 5 nitrogen and oxygen atoms in total. The minimum Gasteiger partial charge on any atom is -0.495 e. The number of nitrogens with one attached hydrogen (secondary N) is 1. The molecule has 1 saturated heterocycles. The molecule has 140 valence electrons. The number of nitrogens with zero attached hydrogens (tertiary/aromatic N) is 1. The van der Waals surface area contributed by atoms with Gasteiger partial charge in [-0.05, 0) is 49.7 Å². The summed E-state index contributed by atoms with van der Waals surface area (Å²) in [6.45, 7) is 2.30. The number of rotatable bonds is 7. The van der Waals surface area contributed by atoms with Gasteiger partial charge in [0.15, 0.2) is 0 Å². The normalized spacial score (nSPS) is 16.5. The van der Waals surface area contributed by atoms with Crippen LogP contribution < -0.4 is 9.46 Å². The second-order valence-electron chi connectivity index (χ2n) is 6.32. The van der Waals surface area contributed by atoms with Gasteiger partial charge >= 0.3 is 0 Å². The van der Waals surface area contributed by atoms with Crippen LogP contribution in [0.3, 0.4) is 0 Å². The summed E-state index contributed by atoms with van der Waals surface area (Å²) in [5.41, 5.74) is 1.12. The topological polar surface area (TPSA) is 58.6 Å². The smallest absolute Gasteiger partial charge is 0.244 e. The highest BCUT2D eigenvalue weighted by molar-refractivity contribution is 9.10. The van der Waals surface area contributed by atoms with Crippen LogP contribution in [0.4, 0.5) is 0 Å². The molecule has 2 aromatic rings. The first kappa shape index (κ1) is 19.4. The van der Waals surface area contributed by atoms with Crippen LogP contribution in [0.1, 0.15) is 24.4 Å². The van der Waals surface area contributed by atoms with Crippen LogP contribution in [0.25, 0.3) is 0 Å². The van der Waals surface area contributed by atoms with E-state index in [0.29, 0.717) is 16.8 Å². The molecule has 1 fully saturated rings.